The van der Waals surface area contributed by atoms with Gasteiger partial charge in [0.05, 0.1) is 0 Å². The number of allylic oxidation sites excluding steroid dienone is 1. The van der Waals surface area contributed by atoms with Gasteiger partial charge in [0.1, 0.15) is 31.0 Å². The number of carbonyl (C=O) groups is 1. The maximum absolute atomic E-state index is 12.5. The fourth-order valence-corrected chi connectivity index (χ4v) is 12.3. The van der Waals surface area contributed by atoms with Crippen molar-refractivity contribution in [1.29, 1.82) is 0 Å². The minimum absolute atomic E-state index is 0.00677. The number of fused-ring (bicyclic) bond motifs is 5. The fourth-order valence-electron chi connectivity index (χ4n) is 12.3. The zero-order valence-electron chi connectivity index (χ0n) is 35.8. The third kappa shape index (κ3) is 11.0. The van der Waals surface area contributed by atoms with E-state index in [-0.39, 0.29) is 18.0 Å². The molecule has 5 rings (SSSR count). The monoisotopic (exact) mass is 775 g/mol. The van der Waals surface area contributed by atoms with Crippen molar-refractivity contribution < 1.29 is 39.4 Å². The normalized spacial score (nSPS) is 39.3. The summed E-state index contributed by atoms with van der Waals surface area (Å²) in [7, 11) is 0. The highest BCUT2D eigenvalue weighted by Gasteiger charge is 2.60. The number of hydrogen-bond acceptors (Lipinski definition) is 8. The van der Waals surface area contributed by atoms with Crippen LogP contribution in [0.1, 0.15) is 189 Å². The van der Waals surface area contributed by atoms with Gasteiger partial charge in [-0.05, 0) is 91.3 Å². The standard InChI is InChI=1S/C47H82O8/c1-7-8-9-10-11-12-13-14-15-16-17-21-40(48)53-31-39-41(49)42(50)43(51)44(54-39)55-47(52)29-28-45(5)34(30-47)22-23-35-37-25-24-36(33(4)20-18-19-32(2)3)46(37,6)27-26-38(35)45/h22,32-33,35-39,41-44,49-52H,7-21,23-31H2,1-6H3/t33-,35?,36-,37?,38?,39-,41-,42+,43-,44-,45+,46-,47?/m1/s1. The number of unbranched alkanes of at least 4 members (excludes halogenated alkanes) is 10. The van der Waals surface area contributed by atoms with E-state index in [0.29, 0.717) is 36.5 Å². The molecule has 0 aromatic heterocycles. The predicted octanol–water partition coefficient (Wildman–Crippen LogP) is 9.78. The van der Waals surface area contributed by atoms with Crippen molar-refractivity contribution in [3.63, 3.8) is 0 Å². The van der Waals surface area contributed by atoms with Crippen molar-refractivity contribution in [2.24, 2.45) is 46.3 Å². The molecule has 0 aromatic rings. The van der Waals surface area contributed by atoms with Crippen LogP contribution in [0.15, 0.2) is 11.6 Å². The van der Waals surface area contributed by atoms with E-state index in [4.69, 9.17) is 14.2 Å². The summed E-state index contributed by atoms with van der Waals surface area (Å²) in [4.78, 5) is 12.5. The van der Waals surface area contributed by atoms with Gasteiger partial charge in [0.2, 0.25) is 0 Å². The van der Waals surface area contributed by atoms with Gasteiger partial charge in [-0.15, -0.1) is 0 Å². The van der Waals surface area contributed by atoms with Crippen LogP contribution in [-0.2, 0) is 19.0 Å². The Balaban J connectivity index is 1.09. The van der Waals surface area contributed by atoms with Crippen molar-refractivity contribution in [2.45, 2.75) is 226 Å². The molecular weight excluding hydrogens is 693 g/mol. The number of hydrogen-bond donors (Lipinski definition) is 4. The molecule has 5 aliphatic rings. The Bertz CT molecular complexity index is 1220. The molecule has 1 aliphatic heterocycles. The Hall–Kier alpha value is -1.03. The quantitative estimate of drug-likeness (QED) is 0.0393. The van der Waals surface area contributed by atoms with Crippen molar-refractivity contribution in [3.05, 3.63) is 11.6 Å². The van der Waals surface area contributed by atoms with Crippen molar-refractivity contribution >= 4 is 5.97 Å². The first-order valence-corrected chi connectivity index (χ1v) is 23.2. The molecule has 4 aliphatic carbocycles. The molecule has 0 amide bonds. The first-order chi connectivity index (χ1) is 26.2. The lowest BCUT2D eigenvalue weighted by Crippen LogP contribution is -2.61. The molecule has 0 spiro atoms. The number of ether oxygens (including phenoxy) is 3. The van der Waals surface area contributed by atoms with E-state index in [2.05, 4.69) is 47.6 Å². The first-order valence-electron chi connectivity index (χ1n) is 23.2. The maximum atomic E-state index is 12.5. The summed E-state index contributed by atoms with van der Waals surface area (Å²) >= 11 is 0. The molecule has 1 heterocycles. The highest BCUT2D eigenvalue weighted by Crippen LogP contribution is 2.68. The van der Waals surface area contributed by atoms with Crippen LogP contribution in [0, 0.1) is 46.3 Å². The number of aliphatic hydroxyl groups excluding tert-OH is 3. The summed E-state index contributed by atoms with van der Waals surface area (Å²) < 4.78 is 17.6. The Labute approximate surface area is 334 Å². The SMILES string of the molecule is CCCCCCCCCCCCCC(=O)OC[C@H]1O[C@H](OC2(O)CC[C@@]3(C)C(=CCC4C3CC[C@@]3(C)C4CC[C@@H]3[C@H](C)CCCC(C)C)C2)[C@H](O)[C@@H](O)[C@@H]1O. The van der Waals surface area contributed by atoms with Crippen LogP contribution in [0.3, 0.4) is 0 Å². The molecule has 0 bridgehead atoms. The zero-order chi connectivity index (χ0) is 39.8. The Morgan fingerprint density at radius 3 is 2.16 bits per heavy atom. The van der Waals surface area contributed by atoms with E-state index < -0.39 is 36.5 Å². The highest BCUT2D eigenvalue weighted by atomic mass is 16.8. The molecule has 0 aromatic carbocycles. The smallest absolute Gasteiger partial charge is 0.305 e. The number of esters is 1. The van der Waals surface area contributed by atoms with Gasteiger partial charge in [-0.3, -0.25) is 4.79 Å². The summed E-state index contributed by atoms with van der Waals surface area (Å²) in [6, 6.07) is 0. The molecule has 13 atom stereocenters. The van der Waals surface area contributed by atoms with Gasteiger partial charge in [-0.25, -0.2) is 0 Å². The molecule has 318 valence electrons. The molecule has 4 unspecified atom stereocenters. The second-order valence-corrected chi connectivity index (χ2v) is 20.0. The maximum Gasteiger partial charge on any atom is 0.305 e. The van der Waals surface area contributed by atoms with Crippen LogP contribution < -0.4 is 0 Å². The zero-order valence-corrected chi connectivity index (χ0v) is 35.8. The molecule has 8 heteroatoms. The van der Waals surface area contributed by atoms with Crippen LogP contribution in [0.5, 0.6) is 0 Å². The minimum atomic E-state index is -1.57. The summed E-state index contributed by atoms with van der Waals surface area (Å²) in [6.07, 6.45) is 20.6. The van der Waals surface area contributed by atoms with E-state index in [1.807, 2.05) is 0 Å². The predicted molar refractivity (Wildman–Crippen MR) is 218 cm³/mol. The average Bonchev–Trinajstić information content (AvgIpc) is 3.51. The summed E-state index contributed by atoms with van der Waals surface area (Å²) in [5.41, 5.74) is 1.64. The van der Waals surface area contributed by atoms with E-state index in [1.54, 1.807) is 0 Å². The first kappa shape index (κ1) is 45.1. The minimum Gasteiger partial charge on any atom is -0.463 e. The van der Waals surface area contributed by atoms with Gasteiger partial charge >= 0.3 is 5.97 Å². The molecule has 4 N–H and O–H groups in total. The Morgan fingerprint density at radius 2 is 1.49 bits per heavy atom. The Morgan fingerprint density at radius 1 is 0.818 bits per heavy atom. The van der Waals surface area contributed by atoms with Gasteiger partial charge < -0.3 is 34.6 Å². The topological polar surface area (TPSA) is 126 Å². The van der Waals surface area contributed by atoms with E-state index in [1.165, 1.54) is 102 Å². The summed E-state index contributed by atoms with van der Waals surface area (Å²) in [5, 5.41) is 44.3. The van der Waals surface area contributed by atoms with E-state index in [0.717, 1.165) is 55.8 Å². The van der Waals surface area contributed by atoms with Crippen LogP contribution in [0.2, 0.25) is 0 Å². The third-order valence-electron chi connectivity index (χ3n) is 15.7. The lowest BCUT2D eigenvalue weighted by Gasteiger charge is -2.59. The third-order valence-corrected chi connectivity index (χ3v) is 15.7. The largest absolute Gasteiger partial charge is 0.463 e. The fraction of sp³-hybridized carbons (Fsp3) is 0.936. The van der Waals surface area contributed by atoms with Gasteiger partial charge in [0.25, 0.3) is 0 Å². The van der Waals surface area contributed by atoms with Gasteiger partial charge in [0, 0.05) is 19.3 Å². The van der Waals surface area contributed by atoms with Crippen molar-refractivity contribution in [3.8, 4) is 0 Å². The van der Waals surface area contributed by atoms with Gasteiger partial charge in [0.15, 0.2) is 12.1 Å². The second-order valence-electron chi connectivity index (χ2n) is 20.0. The highest BCUT2D eigenvalue weighted by molar-refractivity contribution is 5.69. The van der Waals surface area contributed by atoms with Crippen LogP contribution in [0.4, 0.5) is 0 Å². The van der Waals surface area contributed by atoms with Gasteiger partial charge in [-0.1, -0.05) is 137 Å². The molecule has 8 nitrogen and oxygen atoms in total. The molecular formula is C47H82O8. The van der Waals surface area contributed by atoms with E-state index in [9.17, 15) is 25.2 Å². The molecule has 0 radical (unpaired) electrons. The molecule has 1 saturated heterocycles. The lowest BCUT2D eigenvalue weighted by atomic mass is 9.46. The number of carbonyl (C=O) groups excluding carboxylic acids is 1. The second kappa shape index (κ2) is 20.3. The van der Waals surface area contributed by atoms with Crippen molar-refractivity contribution in [2.75, 3.05) is 6.61 Å². The molecule has 4 fully saturated rings. The average molecular weight is 775 g/mol. The number of rotatable bonds is 21. The van der Waals surface area contributed by atoms with Gasteiger partial charge in [-0.2, -0.15) is 0 Å². The molecule has 3 saturated carbocycles. The lowest BCUT2D eigenvalue weighted by molar-refractivity contribution is -0.367. The summed E-state index contributed by atoms with van der Waals surface area (Å²) in [6.45, 7) is 14.2. The number of aliphatic hydroxyl groups is 4. The Kier molecular flexibility index (Phi) is 16.6. The summed E-state index contributed by atoms with van der Waals surface area (Å²) in [5.74, 6) is 2.43. The van der Waals surface area contributed by atoms with Crippen LogP contribution >= 0.6 is 0 Å². The van der Waals surface area contributed by atoms with Crippen LogP contribution in [0.25, 0.3) is 0 Å². The molecule has 55 heavy (non-hydrogen) atoms. The van der Waals surface area contributed by atoms with Crippen molar-refractivity contribution in [1.82, 2.24) is 0 Å². The van der Waals surface area contributed by atoms with E-state index >= 15 is 0 Å². The van der Waals surface area contributed by atoms with Crippen LogP contribution in [-0.4, -0.2) is 69.5 Å².